The van der Waals surface area contributed by atoms with Crippen LogP contribution in [0.1, 0.15) is 71.8 Å². The number of nitrogens with zero attached hydrogens (tertiary/aromatic N) is 3. The molecule has 0 N–H and O–H groups in total. The zero-order valence-electron chi connectivity index (χ0n) is 21.6. The molecule has 1 atom stereocenters. The van der Waals surface area contributed by atoms with Crippen LogP contribution in [0.5, 0.6) is 0 Å². The topological polar surface area (TPSA) is 43.9 Å². The second-order valence-corrected chi connectivity index (χ2v) is 11.7. The van der Waals surface area contributed by atoms with Crippen LogP contribution in [0.15, 0.2) is 30.3 Å². The molecule has 2 amide bonds. The number of carbonyl (C=O) groups is 2. The molecular formula is C28H45N3O2. The van der Waals surface area contributed by atoms with Crippen LogP contribution in [0.2, 0.25) is 0 Å². The molecule has 2 aliphatic rings. The first-order chi connectivity index (χ1) is 15.6. The first-order valence-electron chi connectivity index (χ1n) is 12.9. The maximum Gasteiger partial charge on any atom is 0.225 e. The Hall–Kier alpha value is -1.88. The van der Waals surface area contributed by atoms with E-state index in [-0.39, 0.29) is 17.2 Å². The minimum atomic E-state index is 0.140. The highest BCUT2D eigenvalue weighted by atomic mass is 16.2. The monoisotopic (exact) mass is 455 g/mol. The van der Waals surface area contributed by atoms with Crippen LogP contribution in [-0.4, -0.2) is 65.8 Å². The van der Waals surface area contributed by atoms with Crippen molar-refractivity contribution >= 4 is 11.8 Å². The summed E-state index contributed by atoms with van der Waals surface area (Å²) in [5.41, 5.74) is 1.45. The number of rotatable bonds is 7. The largest absolute Gasteiger partial charge is 0.343 e. The van der Waals surface area contributed by atoms with E-state index >= 15 is 0 Å². The van der Waals surface area contributed by atoms with Gasteiger partial charge >= 0.3 is 0 Å². The smallest absolute Gasteiger partial charge is 0.225 e. The Morgan fingerprint density at radius 3 is 2.18 bits per heavy atom. The molecular weight excluding hydrogens is 410 g/mol. The van der Waals surface area contributed by atoms with Crippen molar-refractivity contribution in [1.82, 2.24) is 14.7 Å². The molecule has 33 heavy (non-hydrogen) atoms. The van der Waals surface area contributed by atoms with Gasteiger partial charge in [0.2, 0.25) is 11.8 Å². The minimum absolute atomic E-state index is 0.140. The van der Waals surface area contributed by atoms with Crippen LogP contribution in [0, 0.1) is 17.3 Å². The third-order valence-electron chi connectivity index (χ3n) is 7.34. The fraction of sp³-hybridized carbons (Fsp3) is 0.714. The zero-order chi connectivity index (χ0) is 24.0. The predicted octanol–water partition coefficient (Wildman–Crippen LogP) is 4.81. The van der Waals surface area contributed by atoms with Crippen LogP contribution in [0.25, 0.3) is 0 Å². The highest BCUT2D eigenvalue weighted by Gasteiger charge is 2.33. The quantitative estimate of drug-likeness (QED) is 0.593. The SMILES string of the molecule is CC(CC(=O)N1CCC(N2CCC(C(=O)N(C)Cc3ccccc3)CC2)CC1)CC(C)(C)C. The Balaban J connectivity index is 1.38. The third kappa shape index (κ3) is 7.84. The fourth-order valence-corrected chi connectivity index (χ4v) is 5.78. The van der Waals surface area contributed by atoms with Crippen molar-refractivity contribution < 1.29 is 9.59 Å². The molecule has 0 saturated carbocycles. The highest BCUT2D eigenvalue weighted by molar-refractivity contribution is 5.78. The van der Waals surface area contributed by atoms with Crippen molar-refractivity contribution in [3.05, 3.63) is 35.9 Å². The summed E-state index contributed by atoms with van der Waals surface area (Å²) in [7, 11) is 1.93. The van der Waals surface area contributed by atoms with E-state index in [2.05, 4.69) is 49.6 Å². The van der Waals surface area contributed by atoms with E-state index in [9.17, 15) is 9.59 Å². The molecule has 5 nitrogen and oxygen atoms in total. The number of carbonyl (C=O) groups excluding carboxylic acids is 2. The molecule has 1 aromatic rings. The fourth-order valence-electron chi connectivity index (χ4n) is 5.78. The normalized spacial score (nSPS) is 20.0. The summed E-state index contributed by atoms with van der Waals surface area (Å²) in [5, 5.41) is 0. The van der Waals surface area contributed by atoms with Gasteiger partial charge in [-0.1, -0.05) is 58.0 Å². The average molecular weight is 456 g/mol. The average Bonchev–Trinajstić information content (AvgIpc) is 2.78. The molecule has 2 fully saturated rings. The number of likely N-dealkylation sites (tertiary alicyclic amines) is 2. The molecule has 5 heteroatoms. The van der Waals surface area contributed by atoms with Gasteiger partial charge in [-0.3, -0.25) is 9.59 Å². The predicted molar refractivity (Wildman–Crippen MR) is 135 cm³/mol. The number of piperidine rings is 2. The van der Waals surface area contributed by atoms with Gasteiger partial charge in [0.25, 0.3) is 0 Å². The van der Waals surface area contributed by atoms with Crippen LogP contribution >= 0.6 is 0 Å². The van der Waals surface area contributed by atoms with Gasteiger partial charge in [0, 0.05) is 45.1 Å². The Labute approximate surface area is 201 Å². The van der Waals surface area contributed by atoms with Crippen molar-refractivity contribution in [2.75, 3.05) is 33.2 Å². The molecule has 184 valence electrons. The van der Waals surface area contributed by atoms with Crippen molar-refractivity contribution in [2.45, 2.75) is 78.8 Å². The van der Waals surface area contributed by atoms with E-state index in [0.29, 0.717) is 30.8 Å². The van der Waals surface area contributed by atoms with Crippen LogP contribution in [0.3, 0.4) is 0 Å². The van der Waals surface area contributed by atoms with E-state index in [1.807, 2.05) is 30.1 Å². The summed E-state index contributed by atoms with van der Waals surface area (Å²) in [6.45, 7) is 13.4. The molecule has 0 bridgehead atoms. The number of hydrogen-bond donors (Lipinski definition) is 0. The van der Waals surface area contributed by atoms with Gasteiger partial charge in [0.1, 0.15) is 0 Å². The minimum Gasteiger partial charge on any atom is -0.343 e. The Kier molecular flexibility index (Phi) is 8.97. The van der Waals surface area contributed by atoms with Gasteiger partial charge in [0.05, 0.1) is 0 Å². The Morgan fingerprint density at radius 1 is 1.00 bits per heavy atom. The lowest BCUT2D eigenvalue weighted by atomic mass is 9.84. The molecule has 0 spiro atoms. The lowest BCUT2D eigenvalue weighted by molar-refractivity contribution is -0.137. The summed E-state index contributed by atoms with van der Waals surface area (Å²) < 4.78 is 0. The summed E-state index contributed by atoms with van der Waals surface area (Å²) in [6.07, 6.45) is 5.77. The van der Waals surface area contributed by atoms with Gasteiger partial charge in [0.15, 0.2) is 0 Å². The molecule has 1 unspecified atom stereocenters. The Bertz CT molecular complexity index is 757. The van der Waals surface area contributed by atoms with E-state index in [4.69, 9.17) is 0 Å². The van der Waals surface area contributed by atoms with Gasteiger partial charge in [-0.25, -0.2) is 0 Å². The van der Waals surface area contributed by atoms with Crippen molar-refractivity contribution in [3.8, 4) is 0 Å². The molecule has 1 aromatic carbocycles. The molecule has 2 saturated heterocycles. The zero-order valence-corrected chi connectivity index (χ0v) is 21.6. The number of hydrogen-bond acceptors (Lipinski definition) is 3. The van der Waals surface area contributed by atoms with Gasteiger partial charge in [-0.2, -0.15) is 0 Å². The summed E-state index contributed by atoms with van der Waals surface area (Å²) in [4.78, 5) is 32.3. The van der Waals surface area contributed by atoms with Gasteiger partial charge in [-0.15, -0.1) is 0 Å². The molecule has 2 heterocycles. The standard InChI is InChI=1S/C28H45N3O2/c1-22(20-28(2,3)4)19-26(32)31-17-13-25(14-18-31)30-15-11-24(12-16-30)27(33)29(5)21-23-9-7-6-8-10-23/h6-10,22,24-25H,11-21H2,1-5H3. The lowest BCUT2D eigenvalue weighted by Gasteiger charge is -2.42. The molecule has 0 aromatic heterocycles. The van der Waals surface area contributed by atoms with E-state index in [0.717, 1.165) is 58.3 Å². The maximum absolute atomic E-state index is 12.9. The number of amides is 2. The summed E-state index contributed by atoms with van der Waals surface area (Å²) in [5.74, 6) is 1.19. The van der Waals surface area contributed by atoms with Gasteiger partial charge < -0.3 is 14.7 Å². The molecule has 0 aliphatic carbocycles. The molecule has 3 rings (SSSR count). The van der Waals surface area contributed by atoms with Crippen molar-refractivity contribution in [1.29, 1.82) is 0 Å². The first-order valence-corrected chi connectivity index (χ1v) is 12.9. The van der Waals surface area contributed by atoms with Crippen LogP contribution in [-0.2, 0) is 16.1 Å². The number of benzene rings is 1. The molecule has 0 radical (unpaired) electrons. The van der Waals surface area contributed by atoms with Gasteiger partial charge in [-0.05, 0) is 62.1 Å². The van der Waals surface area contributed by atoms with Crippen molar-refractivity contribution in [3.63, 3.8) is 0 Å². The third-order valence-corrected chi connectivity index (χ3v) is 7.34. The van der Waals surface area contributed by atoms with Crippen LogP contribution in [0.4, 0.5) is 0 Å². The van der Waals surface area contributed by atoms with E-state index < -0.39 is 0 Å². The lowest BCUT2D eigenvalue weighted by Crippen LogP contribution is -2.50. The molecule has 2 aliphatic heterocycles. The van der Waals surface area contributed by atoms with Crippen molar-refractivity contribution in [2.24, 2.45) is 17.3 Å². The Morgan fingerprint density at radius 2 is 1.61 bits per heavy atom. The second kappa shape index (κ2) is 11.5. The maximum atomic E-state index is 12.9. The summed E-state index contributed by atoms with van der Waals surface area (Å²) >= 11 is 0. The highest BCUT2D eigenvalue weighted by Crippen LogP contribution is 2.28. The van der Waals surface area contributed by atoms with Crippen LogP contribution < -0.4 is 0 Å². The van der Waals surface area contributed by atoms with E-state index in [1.165, 1.54) is 5.56 Å². The van der Waals surface area contributed by atoms with E-state index in [1.54, 1.807) is 0 Å². The summed E-state index contributed by atoms with van der Waals surface area (Å²) in [6, 6.07) is 10.8. The second-order valence-electron chi connectivity index (χ2n) is 11.7. The first kappa shape index (κ1) is 25.7.